The number of thioether (sulfide) groups is 1. The van der Waals surface area contributed by atoms with Crippen molar-refractivity contribution in [3.8, 4) is 0 Å². The van der Waals surface area contributed by atoms with Crippen molar-refractivity contribution in [3.63, 3.8) is 0 Å². The second kappa shape index (κ2) is 8.43. The summed E-state index contributed by atoms with van der Waals surface area (Å²) >= 11 is 1.38. The zero-order valence-electron chi connectivity index (χ0n) is 14.4. The molecule has 0 radical (unpaired) electrons. The van der Waals surface area contributed by atoms with E-state index in [-0.39, 0.29) is 5.78 Å². The second-order valence-electron chi connectivity index (χ2n) is 6.14. The van der Waals surface area contributed by atoms with E-state index in [0.29, 0.717) is 11.3 Å². The number of ketones is 1. The molecule has 2 aliphatic rings. The van der Waals surface area contributed by atoms with Gasteiger partial charge in [0.25, 0.3) is 0 Å². The van der Waals surface area contributed by atoms with Gasteiger partial charge in [0.05, 0.1) is 5.56 Å². The molecular weight excluding hydrogens is 374 g/mol. The average Bonchev–Trinajstić information content (AvgIpc) is 3.07. The Balaban J connectivity index is 1.81. The van der Waals surface area contributed by atoms with Gasteiger partial charge in [-0.25, -0.2) is 4.79 Å². The average molecular weight is 391 g/mol. The Morgan fingerprint density at radius 3 is 2.67 bits per heavy atom. The molecule has 0 aromatic heterocycles. The Morgan fingerprint density at radius 1 is 1.26 bits per heavy atom. The largest absolute Gasteiger partial charge is 0.458 e. The molecule has 2 fully saturated rings. The highest BCUT2D eigenvalue weighted by Crippen LogP contribution is 2.41. The van der Waals surface area contributed by atoms with Gasteiger partial charge in [-0.1, -0.05) is 23.3 Å². The Hall–Kier alpha value is -2.55. The maximum absolute atomic E-state index is 12.4. The fourth-order valence-electron chi connectivity index (χ4n) is 2.98. The molecule has 0 spiro atoms. The molecule has 1 aromatic carbocycles. The van der Waals surface area contributed by atoms with Crippen molar-refractivity contribution in [2.24, 2.45) is 5.11 Å². The highest BCUT2D eigenvalue weighted by molar-refractivity contribution is 8.00. The molecule has 142 valence electrons. The van der Waals surface area contributed by atoms with Crippen molar-refractivity contribution in [2.75, 3.05) is 5.75 Å². The third-order valence-electron chi connectivity index (χ3n) is 4.14. The first-order chi connectivity index (χ1) is 13.0. The van der Waals surface area contributed by atoms with Crippen molar-refractivity contribution in [1.82, 2.24) is 0 Å². The SMILES string of the molecule is CC(=O)CC(=O)O[C@H]1[C@H](N=[N+]=[N-])[C@H](OC(=O)c2ccccc2)[C@H]2CS[C@@H]1O2. The highest BCUT2D eigenvalue weighted by atomic mass is 32.2. The van der Waals surface area contributed by atoms with Crippen LogP contribution in [-0.4, -0.2) is 53.3 Å². The number of rotatable bonds is 6. The molecule has 0 unspecified atom stereocenters. The molecule has 2 aliphatic heterocycles. The lowest BCUT2D eigenvalue weighted by molar-refractivity contribution is -0.174. The van der Waals surface area contributed by atoms with Gasteiger partial charge in [0.1, 0.15) is 42.0 Å². The van der Waals surface area contributed by atoms with Gasteiger partial charge in [0.2, 0.25) is 0 Å². The molecule has 27 heavy (non-hydrogen) atoms. The number of hydrogen-bond acceptors (Lipinski definition) is 8. The van der Waals surface area contributed by atoms with Gasteiger partial charge in [-0.15, -0.1) is 11.8 Å². The van der Waals surface area contributed by atoms with Gasteiger partial charge in [-0.05, 0) is 24.6 Å². The lowest BCUT2D eigenvalue weighted by Crippen LogP contribution is -2.55. The lowest BCUT2D eigenvalue weighted by Gasteiger charge is -2.38. The zero-order chi connectivity index (χ0) is 19.4. The molecule has 0 saturated carbocycles. The minimum atomic E-state index is -0.954. The minimum Gasteiger partial charge on any atom is -0.458 e. The molecule has 2 saturated heterocycles. The number of carbonyl (C=O) groups is 3. The van der Waals surface area contributed by atoms with Crippen LogP contribution in [0.1, 0.15) is 23.7 Å². The fraction of sp³-hybridized carbons (Fsp3) is 0.471. The second-order valence-corrected chi connectivity index (χ2v) is 7.27. The number of fused-ring (bicyclic) bond motifs is 2. The summed E-state index contributed by atoms with van der Waals surface area (Å²) in [5.74, 6) is -1.18. The molecule has 0 amide bonds. The van der Waals surface area contributed by atoms with Gasteiger partial charge < -0.3 is 14.2 Å². The molecule has 3 rings (SSSR count). The van der Waals surface area contributed by atoms with Crippen LogP contribution in [-0.2, 0) is 23.8 Å². The summed E-state index contributed by atoms with van der Waals surface area (Å²) in [7, 11) is 0. The van der Waals surface area contributed by atoms with Crippen LogP contribution in [0.2, 0.25) is 0 Å². The number of carbonyl (C=O) groups excluding carboxylic acids is 3. The van der Waals surface area contributed by atoms with Gasteiger partial charge in [-0.3, -0.25) is 9.59 Å². The molecule has 2 bridgehead atoms. The monoisotopic (exact) mass is 391 g/mol. The van der Waals surface area contributed by atoms with Crippen molar-refractivity contribution in [3.05, 3.63) is 46.3 Å². The van der Waals surface area contributed by atoms with Gasteiger partial charge in [0.15, 0.2) is 0 Å². The summed E-state index contributed by atoms with van der Waals surface area (Å²) in [5.41, 5.74) is 8.75. The van der Waals surface area contributed by atoms with E-state index in [4.69, 9.17) is 19.7 Å². The number of ether oxygens (including phenoxy) is 3. The first-order valence-corrected chi connectivity index (χ1v) is 9.30. The van der Waals surface area contributed by atoms with E-state index in [1.54, 1.807) is 30.3 Å². The normalized spacial score (nSPS) is 28.7. The number of benzene rings is 1. The van der Waals surface area contributed by atoms with Crippen LogP contribution in [0.4, 0.5) is 0 Å². The van der Waals surface area contributed by atoms with Crippen molar-refractivity contribution in [1.29, 1.82) is 0 Å². The number of esters is 2. The van der Waals surface area contributed by atoms with E-state index in [0.717, 1.165) is 0 Å². The van der Waals surface area contributed by atoms with E-state index in [2.05, 4.69) is 10.0 Å². The van der Waals surface area contributed by atoms with E-state index in [1.165, 1.54) is 18.7 Å². The predicted octanol–water partition coefficient (Wildman–Crippen LogP) is 2.25. The number of hydrogen-bond donors (Lipinski definition) is 0. The third-order valence-corrected chi connectivity index (χ3v) is 5.37. The van der Waals surface area contributed by atoms with E-state index in [9.17, 15) is 14.4 Å². The smallest absolute Gasteiger partial charge is 0.338 e. The summed E-state index contributed by atoms with van der Waals surface area (Å²) in [6.07, 6.45) is -2.74. The Bertz CT molecular complexity index is 782. The van der Waals surface area contributed by atoms with Crippen molar-refractivity contribution < 1.29 is 28.6 Å². The highest BCUT2D eigenvalue weighted by Gasteiger charge is 2.53. The standard InChI is InChI=1S/C17H17N3O6S/c1-9(21)7-12(22)25-15-13(19-20-18)14(11-8-27-17(15)24-11)26-16(23)10-5-3-2-4-6-10/h2-6,11,13-15,17H,7-8H2,1H3/t11-,13-,14-,15+,17+/m1/s1. The van der Waals surface area contributed by atoms with Crippen LogP contribution in [0.15, 0.2) is 35.4 Å². The van der Waals surface area contributed by atoms with E-state index < -0.39 is 48.1 Å². The molecule has 0 N–H and O–H groups in total. The number of Topliss-reactive ketones (excluding diaryl/α,β-unsaturated/α-hetero) is 1. The van der Waals surface area contributed by atoms with Crippen LogP contribution < -0.4 is 0 Å². The summed E-state index contributed by atoms with van der Waals surface area (Å²) < 4.78 is 16.7. The quantitative estimate of drug-likeness (QED) is 0.239. The minimum absolute atomic E-state index is 0.343. The summed E-state index contributed by atoms with van der Waals surface area (Å²) in [4.78, 5) is 38.3. The van der Waals surface area contributed by atoms with Gasteiger partial charge in [0, 0.05) is 10.7 Å². The maximum atomic E-state index is 12.4. The Labute approximate surface area is 159 Å². The van der Waals surface area contributed by atoms with Gasteiger partial charge in [-0.2, -0.15) is 0 Å². The Kier molecular flexibility index (Phi) is 6.00. The van der Waals surface area contributed by atoms with E-state index >= 15 is 0 Å². The zero-order valence-corrected chi connectivity index (χ0v) is 15.2. The first kappa shape index (κ1) is 19.2. The summed E-state index contributed by atoms with van der Waals surface area (Å²) in [6.45, 7) is 1.27. The molecule has 2 heterocycles. The van der Waals surface area contributed by atoms with Crippen LogP contribution in [0.5, 0.6) is 0 Å². The van der Waals surface area contributed by atoms with Crippen molar-refractivity contribution in [2.45, 2.75) is 43.1 Å². The fourth-order valence-corrected chi connectivity index (χ4v) is 4.25. The van der Waals surface area contributed by atoms with Crippen molar-refractivity contribution >= 4 is 29.5 Å². The molecular formula is C17H17N3O6S. The van der Waals surface area contributed by atoms with Crippen LogP contribution in [0.25, 0.3) is 10.4 Å². The van der Waals surface area contributed by atoms with Crippen LogP contribution in [0.3, 0.4) is 0 Å². The van der Waals surface area contributed by atoms with Crippen LogP contribution in [0, 0.1) is 0 Å². The lowest BCUT2D eigenvalue weighted by atomic mass is 9.98. The predicted molar refractivity (Wildman–Crippen MR) is 94.9 cm³/mol. The Morgan fingerprint density at radius 2 is 2.00 bits per heavy atom. The molecule has 1 aromatic rings. The molecule has 5 atom stereocenters. The van der Waals surface area contributed by atoms with Gasteiger partial charge >= 0.3 is 11.9 Å². The molecule has 9 nitrogen and oxygen atoms in total. The maximum Gasteiger partial charge on any atom is 0.338 e. The summed E-state index contributed by atoms with van der Waals surface area (Å²) in [6, 6.07) is 7.43. The van der Waals surface area contributed by atoms with E-state index in [1.807, 2.05) is 0 Å². The topological polar surface area (TPSA) is 128 Å². The number of nitrogens with zero attached hydrogens (tertiary/aromatic N) is 3. The third kappa shape index (κ3) is 4.41. The molecule has 0 aliphatic carbocycles. The number of azide groups is 1. The summed E-state index contributed by atoms with van der Waals surface area (Å²) in [5, 5.41) is 3.71. The molecule has 10 heteroatoms. The van der Waals surface area contributed by atoms with Crippen LogP contribution >= 0.6 is 11.8 Å². The first-order valence-electron chi connectivity index (χ1n) is 8.26.